The first kappa shape index (κ1) is 25.8. The Morgan fingerprint density at radius 3 is 2.16 bits per heavy atom. The van der Waals surface area contributed by atoms with Gasteiger partial charge in [-0.25, -0.2) is 0 Å². The molecule has 0 spiro atoms. The lowest BCUT2D eigenvalue weighted by Gasteiger charge is -2.21. The van der Waals surface area contributed by atoms with Gasteiger partial charge in [-0.05, 0) is 89.9 Å². The van der Waals surface area contributed by atoms with Crippen LogP contribution in [0.1, 0.15) is 60.7 Å². The second-order valence-electron chi connectivity index (χ2n) is 7.27. The maximum atomic E-state index is 12.7. The molecular formula is C24H30BrN3O3S. The number of rotatable bonds is 10. The lowest BCUT2D eigenvalue weighted by molar-refractivity contribution is 0.0755. The van der Waals surface area contributed by atoms with Crippen molar-refractivity contribution in [2.45, 2.75) is 40.0 Å². The number of ether oxygens (including phenoxy) is 1. The Morgan fingerprint density at radius 1 is 0.969 bits per heavy atom. The maximum Gasteiger partial charge on any atom is 0.257 e. The summed E-state index contributed by atoms with van der Waals surface area (Å²) < 4.78 is 6.31. The van der Waals surface area contributed by atoms with Gasteiger partial charge in [0.2, 0.25) is 0 Å². The number of hydrogen-bond donors (Lipinski definition) is 2. The summed E-state index contributed by atoms with van der Waals surface area (Å²) in [6.07, 6.45) is 2.74. The summed E-state index contributed by atoms with van der Waals surface area (Å²) in [4.78, 5) is 27.1. The van der Waals surface area contributed by atoms with Crippen molar-refractivity contribution >= 4 is 50.8 Å². The number of carbonyl (C=O) groups is 2. The van der Waals surface area contributed by atoms with E-state index in [0.29, 0.717) is 33.6 Å². The van der Waals surface area contributed by atoms with Gasteiger partial charge in [-0.3, -0.25) is 14.9 Å². The summed E-state index contributed by atoms with van der Waals surface area (Å²) in [6.45, 7) is 8.24. The molecular weight excluding hydrogens is 490 g/mol. The molecule has 0 atom stereocenters. The van der Waals surface area contributed by atoms with Crippen LogP contribution in [0, 0.1) is 0 Å². The second-order valence-corrected chi connectivity index (χ2v) is 8.53. The van der Waals surface area contributed by atoms with Crippen LogP contribution < -0.4 is 15.4 Å². The highest BCUT2D eigenvalue weighted by atomic mass is 79.9. The Bertz CT molecular complexity index is 929. The van der Waals surface area contributed by atoms with Crippen LogP contribution in [0.15, 0.2) is 46.9 Å². The van der Waals surface area contributed by atoms with Gasteiger partial charge in [-0.1, -0.05) is 20.8 Å². The average molecular weight is 520 g/mol. The fourth-order valence-corrected chi connectivity index (χ4v) is 3.75. The highest BCUT2D eigenvalue weighted by molar-refractivity contribution is 9.10. The van der Waals surface area contributed by atoms with Crippen LogP contribution in [0.4, 0.5) is 5.69 Å². The van der Waals surface area contributed by atoms with Gasteiger partial charge in [0.05, 0.1) is 11.1 Å². The molecule has 0 aliphatic carbocycles. The Labute approximate surface area is 203 Å². The Morgan fingerprint density at radius 2 is 1.59 bits per heavy atom. The highest BCUT2D eigenvalue weighted by Crippen LogP contribution is 2.26. The van der Waals surface area contributed by atoms with Gasteiger partial charge >= 0.3 is 0 Å². The molecule has 0 unspecified atom stereocenters. The van der Waals surface area contributed by atoms with Crippen molar-refractivity contribution in [2.24, 2.45) is 0 Å². The van der Waals surface area contributed by atoms with Gasteiger partial charge in [-0.2, -0.15) is 0 Å². The molecule has 2 aromatic rings. The van der Waals surface area contributed by atoms with E-state index < -0.39 is 0 Å². The largest absolute Gasteiger partial charge is 0.492 e. The third-order valence-corrected chi connectivity index (χ3v) is 5.37. The minimum Gasteiger partial charge on any atom is -0.492 e. The van der Waals surface area contributed by atoms with E-state index in [1.54, 1.807) is 42.5 Å². The molecule has 2 aromatic carbocycles. The van der Waals surface area contributed by atoms with Crippen LogP contribution in [0.2, 0.25) is 0 Å². The van der Waals surface area contributed by atoms with Crippen LogP contribution in [0.25, 0.3) is 0 Å². The molecule has 2 N–H and O–H groups in total. The van der Waals surface area contributed by atoms with Crippen molar-refractivity contribution in [3.8, 4) is 5.75 Å². The van der Waals surface area contributed by atoms with Crippen molar-refractivity contribution in [3.63, 3.8) is 0 Å². The van der Waals surface area contributed by atoms with E-state index in [2.05, 4.69) is 40.4 Å². The first-order chi connectivity index (χ1) is 15.4. The molecule has 0 saturated heterocycles. The summed E-state index contributed by atoms with van der Waals surface area (Å²) >= 11 is 8.70. The van der Waals surface area contributed by atoms with Gasteiger partial charge in [-0.15, -0.1) is 0 Å². The van der Waals surface area contributed by atoms with Gasteiger partial charge in [0.25, 0.3) is 11.8 Å². The van der Waals surface area contributed by atoms with E-state index in [-0.39, 0.29) is 16.9 Å². The summed E-state index contributed by atoms with van der Waals surface area (Å²) in [7, 11) is 0. The van der Waals surface area contributed by atoms with Crippen LogP contribution in [0.3, 0.4) is 0 Å². The summed E-state index contributed by atoms with van der Waals surface area (Å²) in [5, 5.41) is 5.82. The Hall–Kier alpha value is -2.45. The van der Waals surface area contributed by atoms with E-state index in [1.807, 2.05) is 11.8 Å². The van der Waals surface area contributed by atoms with Gasteiger partial charge in [0.1, 0.15) is 5.75 Å². The predicted octanol–water partition coefficient (Wildman–Crippen LogP) is 5.63. The van der Waals surface area contributed by atoms with E-state index in [4.69, 9.17) is 17.0 Å². The molecule has 2 rings (SSSR count). The van der Waals surface area contributed by atoms with Crippen LogP contribution in [0.5, 0.6) is 5.75 Å². The first-order valence-corrected chi connectivity index (χ1v) is 12.0. The number of halogens is 1. The average Bonchev–Trinajstić information content (AvgIpc) is 2.78. The smallest absolute Gasteiger partial charge is 0.257 e. The standard InChI is InChI=1S/C24H30BrN3O3S/c1-4-13-28(14-5-2)23(30)17-7-10-19(11-8-17)26-24(32)27-22(29)18-9-12-21(20(25)16-18)31-15-6-3/h7-12,16H,4-6,13-15H2,1-3H3,(H2,26,27,29,32). The lowest BCUT2D eigenvalue weighted by Crippen LogP contribution is -2.34. The van der Waals surface area contributed by atoms with Gasteiger partial charge < -0.3 is 15.0 Å². The molecule has 0 heterocycles. The van der Waals surface area contributed by atoms with Crippen molar-refractivity contribution in [2.75, 3.05) is 25.0 Å². The van der Waals surface area contributed by atoms with E-state index >= 15 is 0 Å². The molecule has 32 heavy (non-hydrogen) atoms. The number of hydrogen-bond acceptors (Lipinski definition) is 4. The van der Waals surface area contributed by atoms with Crippen molar-refractivity contribution < 1.29 is 14.3 Å². The maximum absolute atomic E-state index is 12.7. The number of anilines is 1. The zero-order chi connectivity index (χ0) is 23.5. The highest BCUT2D eigenvalue weighted by Gasteiger charge is 2.15. The molecule has 0 aromatic heterocycles. The zero-order valence-corrected chi connectivity index (χ0v) is 21.1. The topological polar surface area (TPSA) is 70.7 Å². The van der Waals surface area contributed by atoms with Crippen LogP contribution >= 0.6 is 28.1 Å². The zero-order valence-electron chi connectivity index (χ0n) is 18.7. The molecule has 8 heteroatoms. The normalized spacial score (nSPS) is 10.4. The molecule has 0 aliphatic heterocycles. The number of amides is 2. The molecule has 0 fully saturated rings. The van der Waals surface area contributed by atoms with Crippen molar-refractivity contribution in [3.05, 3.63) is 58.1 Å². The fraction of sp³-hybridized carbons (Fsp3) is 0.375. The van der Waals surface area contributed by atoms with E-state index in [1.165, 1.54) is 0 Å². The quantitative estimate of drug-likeness (QED) is 0.398. The summed E-state index contributed by atoms with van der Waals surface area (Å²) in [5.74, 6) is 0.384. The van der Waals surface area contributed by atoms with Crippen molar-refractivity contribution in [1.29, 1.82) is 0 Å². The van der Waals surface area contributed by atoms with Gasteiger partial charge in [0, 0.05) is 29.9 Å². The SMILES string of the molecule is CCCOc1ccc(C(=O)NC(=S)Nc2ccc(C(=O)N(CCC)CCC)cc2)cc1Br. The number of carbonyl (C=O) groups excluding carboxylic acids is 2. The van der Waals surface area contributed by atoms with Gasteiger partial charge in [0.15, 0.2) is 5.11 Å². The van der Waals surface area contributed by atoms with E-state index in [9.17, 15) is 9.59 Å². The van der Waals surface area contributed by atoms with E-state index in [0.717, 1.165) is 32.4 Å². The molecule has 172 valence electrons. The Kier molecular flexibility index (Phi) is 10.6. The lowest BCUT2D eigenvalue weighted by atomic mass is 10.1. The summed E-state index contributed by atoms with van der Waals surface area (Å²) in [6, 6.07) is 12.2. The predicted molar refractivity (Wildman–Crippen MR) is 137 cm³/mol. The minimum absolute atomic E-state index is 0.0214. The number of benzene rings is 2. The molecule has 0 saturated carbocycles. The van der Waals surface area contributed by atoms with Crippen LogP contribution in [-0.2, 0) is 0 Å². The molecule has 0 aliphatic rings. The third kappa shape index (κ3) is 7.60. The molecule has 0 bridgehead atoms. The third-order valence-electron chi connectivity index (χ3n) is 4.55. The molecule has 2 amide bonds. The number of nitrogens with one attached hydrogen (secondary N) is 2. The number of nitrogens with zero attached hydrogens (tertiary/aromatic N) is 1. The first-order valence-electron chi connectivity index (χ1n) is 10.8. The monoisotopic (exact) mass is 519 g/mol. The van der Waals surface area contributed by atoms with Crippen LogP contribution in [-0.4, -0.2) is 41.5 Å². The van der Waals surface area contributed by atoms with Crippen molar-refractivity contribution in [1.82, 2.24) is 10.2 Å². The summed E-state index contributed by atoms with van der Waals surface area (Å²) in [5.41, 5.74) is 1.77. The Balaban J connectivity index is 1.96. The second kappa shape index (κ2) is 13.2. The fourth-order valence-electron chi connectivity index (χ4n) is 3.04. The molecule has 6 nitrogen and oxygen atoms in total. The number of thiocarbonyl (C=S) groups is 1. The molecule has 0 radical (unpaired) electrons. The minimum atomic E-state index is -0.327.